The van der Waals surface area contributed by atoms with Gasteiger partial charge in [-0.2, -0.15) is 0 Å². The standard InChI is InChI=1S/C14H18BrN3O/c1-10-2-3-12(11(15)8-10)18-7-6-17-5-4-16-9-13(17)14(18)19/h2-3,8,13,16H,4-7,9H2,1H3. The molecule has 102 valence electrons. The van der Waals surface area contributed by atoms with Crippen LogP contribution in [0.25, 0.3) is 0 Å². The van der Waals surface area contributed by atoms with Gasteiger partial charge in [0.15, 0.2) is 0 Å². The third kappa shape index (κ3) is 2.42. The summed E-state index contributed by atoms with van der Waals surface area (Å²) in [6.45, 7) is 6.50. The normalized spacial score (nSPS) is 24.4. The number of piperazine rings is 2. The Morgan fingerprint density at radius 2 is 2.16 bits per heavy atom. The van der Waals surface area contributed by atoms with Crippen molar-refractivity contribution in [2.75, 3.05) is 37.6 Å². The van der Waals surface area contributed by atoms with Gasteiger partial charge >= 0.3 is 0 Å². The highest BCUT2D eigenvalue weighted by Gasteiger charge is 2.37. The third-order valence-electron chi connectivity index (χ3n) is 3.91. The van der Waals surface area contributed by atoms with Gasteiger partial charge in [-0.3, -0.25) is 9.69 Å². The molecule has 1 aromatic carbocycles. The molecule has 2 fully saturated rings. The van der Waals surface area contributed by atoms with Crippen molar-refractivity contribution < 1.29 is 4.79 Å². The van der Waals surface area contributed by atoms with Crippen molar-refractivity contribution in [1.29, 1.82) is 0 Å². The van der Waals surface area contributed by atoms with Gasteiger partial charge in [0, 0.05) is 37.2 Å². The molecule has 0 bridgehead atoms. The minimum atomic E-state index is -0.00398. The lowest BCUT2D eigenvalue weighted by atomic mass is 10.1. The zero-order valence-corrected chi connectivity index (χ0v) is 12.6. The van der Waals surface area contributed by atoms with Gasteiger partial charge in [0.25, 0.3) is 0 Å². The Labute approximate surface area is 121 Å². The van der Waals surface area contributed by atoms with Crippen molar-refractivity contribution in [1.82, 2.24) is 10.2 Å². The second kappa shape index (κ2) is 5.23. The quantitative estimate of drug-likeness (QED) is 0.848. The number of amides is 1. The molecule has 1 aromatic rings. The molecule has 3 rings (SSSR count). The van der Waals surface area contributed by atoms with Crippen LogP contribution >= 0.6 is 15.9 Å². The lowest BCUT2D eigenvalue weighted by molar-refractivity contribution is -0.126. The van der Waals surface area contributed by atoms with Crippen molar-refractivity contribution in [3.63, 3.8) is 0 Å². The molecule has 2 aliphatic rings. The molecule has 0 aromatic heterocycles. The Kier molecular flexibility index (Phi) is 3.60. The van der Waals surface area contributed by atoms with Gasteiger partial charge in [-0.15, -0.1) is 0 Å². The molecule has 1 N–H and O–H groups in total. The van der Waals surface area contributed by atoms with Crippen LogP contribution in [0.5, 0.6) is 0 Å². The molecule has 1 atom stereocenters. The van der Waals surface area contributed by atoms with Crippen LogP contribution in [-0.2, 0) is 4.79 Å². The minimum absolute atomic E-state index is 0.00398. The Balaban J connectivity index is 1.87. The smallest absolute Gasteiger partial charge is 0.245 e. The predicted molar refractivity (Wildman–Crippen MR) is 79.5 cm³/mol. The van der Waals surface area contributed by atoms with E-state index < -0.39 is 0 Å². The van der Waals surface area contributed by atoms with Crippen LogP contribution < -0.4 is 10.2 Å². The van der Waals surface area contributed by atoms with Gasteiger partial charge in [0.05, 0.1) is 5.69 Å². The summed E-state index contributed by atoms with van der Waals surface area (Å²) in [5.41, 5.74) is 2.18. The molecule has 2 aliphatic heterocycles. The van der Waals surface area contributed by atoms with E-state index in [1.807, 2.05) is 11.0 Å². The Bertz CT molecular complexity index is 505. The zero-order chi connectivity index (χ0) is 13.4. The van der Waals surface area contributed by atoms with Gasteiger partial charge in [0.2, 0.25) is 5.91 Å². The number of hydrogen-bond acceptors (Lipinski definition) is 3. The zero-order valence-electron chi connectivity index (χ0n) is 11.0. The van der Waals surface area contributed by atoms with Crippen LogP contribution in [0.3, 0.4) is 0 Å². The molecule has 19 heavy (non-hydrogen) atoms. The molecule has 0 spiro atoms. The fourth-order valence-corrected chi connectivity index (χ4v) is 3.55. The van der Waals surface area contributed by atoms with Crippen LogP contribution in [0.1, 0.15) is 5.56 Å². The second-order valence-electron chi connectivity index (χ2n) is 5.20. The van der Waals surface area contributed by atoms with E-state index in [-0.39, 0.29) is 11.9 Å². The number of nitrogens with one attached hydrogen (secondary N) is 1. The largest absolute Gasteiger partial charge is 0.313 e. The molecule has 1 amide bonds. The maximum absolute atomic E-state index is 12.6. The fourth-order valence-electron chi connectivity index (χ4n) is 2.85. The van der Waals surface area contributed by atoms with E-state index in [0.29, 0.717) is 0 Å². The van der Waals surface area contributed by atoms with Crippen LogP contribution in [-0.4, -0.2) is 49.6 Å². The highest BCUT2D eigenvalue weighted by atomic mass is 79.9. The van der Waals surface area contributed by atoms with E-state index in [4.69, 9.17) is 0 Å². The Morgan fingerprint density at radius 3 is 2.95 bits per heavy atom. The number of halogens is 1. The molecule has 1 unspecified atom stereocenters. The first-order chi connectivity index (χ1) is 9.16. The number of benzene rings is 1. The number of anilines is 1. The number of aryl methyl sites for hydroxylation is 1. The van der Waals surface area contributed by atoms with Gasteiger partial charge in [-0.1, -0.05) is 6.07 Å². The van der Waals surface area contributed by atoms with Crippen LogP contribution in [0.15, 0.2) is 22.7 Å². The van der Waals surface area contributed by atoms with E-state index >= 15 is 0 Å². The number of carbonyl (C=O) groups excluding carboxylic acids is 1. The van der Waals surface area contributed by atoms with Crippen molar-refractivity contribution >= 4 is 27.5 Å². The summed E-state index contributed by atoms with van der Waals surface area (Å²) in [7, 11) is 0. The Hall–Kier alpha value is -0.910. The summed E-state index contributed by atoms with van der Waals surface area (Å²) in [6, 6.07) is 6.15. The van der Waals surface area contributed by atoms with Gasteiger partial charge in [-0.25, -0.2) is 0 Å². The SMILES string of the molecule is Cc1ccc(N2CCN3CCNCC3C2=O)c(Br)c1. The molecular weight excluding hydrogens is 306 g/mol. The maximum Gasteiger partial charge on any atom is 0.245 e. The van der Waals surface area contributed by atoms with E-state index in [1.165, 1.54) is 5.56 Å². The first-order valence-electron chi connectivity index (χ1n) is 6.69. The lowest BCUT2D eigenvalue weighted by Gasteiger charge is -2.43. The summed E-state index contributed by atoms with van der Waals surface area (Å²) in [5, 5.41) is 3.31. The molecule has 2 saturated heterocycles. The lowest BCUT2D eigenvalue weighted by Crippen LogP contribution is -2.64. The van der Waals surface area contributed by atoms with Crippen molar-refractivity contribution in [2.45, 2.75) is 13.0 Å². The highest BCUT2D eigenvalue weighted by Crippen LogP contribution is 2.29. The van der Waals surface area contributed by atoms with E-state index in [2.05, 4.69) is 45.2 Å². The fraction of sp³-hybridized carbons (Fsp3) is 0.500. The van der Waals surface area contributed by atoms with Gasteiger partial charge in [-0.05, 0) is 40.5 Å². The van der Waals surface area contributed by atoms with Gasteiger partial charge < -0.3 is 10.2 Å². The van der Waals surface area contributed by atoms with Crippen molar-refractivity contribution in [3.8, 4) is 0 Å². The summed E-state index contributed by atoms with van der Waals surface area (Å²) < 4.78 is 0.998. The Morgan fingerprint density at radius 1 is 1.32 bits per heavy atom. The minimum Gasteiger partial charge on any atom is -0.313 e. The summed E-state index contributed by atoms with van der Waals surface area (Å²) in [5.74, 6) is 0.211. The van der Waals surface area contributed by atoms with E-state index in [1.54, 1.807) is 0 Å². The number of hydrogen-bond donors (Lipinski definition) is 1. The first kappa shape index (κ1) is 13.1. The molecule has 0 saturated carbocycles. The maximum atomic E-state index is 12.6. The van der Waals surface area contributed by atoms with Crippen molar-refractivity contribution in [2.24, 2.45) is 0 Å². The average molecular weight is 324 g/mol. The molecule has 0 aliphatic carbocycles. The molecule has 0 radical (unpaired) electrons. The van der Waals surface area contributed by atoms with Gasteiger partial charge in [0.1, 0.15) is 6.04 Å². The summed E-state index contributed by atoms with van der Waals surface area (Å²) in [4.78, 5) is 16.8. The van der Waals surface area contributed by atoms with E-state index in [0.717, 1.165) is 42.9 Å². The topological polar surface area (TPSA) is 35.6 Å². The molecular formula is C14H18BrN3O. The van der Waals surface area contributed by atoms with Crippen LogP contribution in [0.4, 0.5) is 5.69 Å². The molecule has 4 nitrogen and oxygen atoms in total. The third-order valence-corrected chi connectivity index (χ3v) is 4.55. The molecule has 2 heterocycles. The van der Waals surface area contributed by atoms with Crippen molar-refractivity contribution in [3.05, 3.63) is 28.2 Å². The average Bonchev–Trinajstić information content (AvgIpc) is 2.41. The number of carbonyl (C=O) groups is 1. The van der Waals surface area contributed by atoms with Crippen LogP contribution in [0, 0.1) is 6.92 Å². The summed E-state index contributed by atoms with van der Waals surface area (Å²) in [6.07, 6.45) is 0. The number of fused-ring (bicyclic) bond motifs is 1. The number of rotatable bonds is 1. The van der Waals surface area contributed by atoms with E-state index in [9.17, 15) is 4.79 Å². The molecule has 5 heteroatoms. The number of nitrogens with zero attached hydrogens (tertiary/aromatic N) is 2. The first-order valence-corrected chi connectivity index (χ1v) is 7.48. The monoisotopic (exact) mass is 323 g/mol. The highest BCUT2D eigenvalue weighted by molar-refractivity contribution is 9.10. The second-order valence-corrected chi connectivity index (χ2v) is 6.05. The predicted octanol–water partition coefficient (Wildman–Crippen LogP) is 1.38. The van der Waals surface area contributed by atoms with Crippen LogP contribution in [0.2, 0.25) is 0 Å². The summed E-state index contributed by atoms with van der Waals surface area (Å²) >= 11 is 3.58.